The lowest BCUT2D eigenvalue weighted by atomic mass is 9.96. The second-order valence-electron chi connectivity index (χ2n) is 4.68. The summed E-state index contributed by atoms with van der Waals surface area (Å²) in [5.41, 5.74) is 5.36. The molecule has 1 unspecified atom stereocenters. The summed E-state index contributed by atoms with van der Waals surface area (Å²) in [5, 5.41) is 2.37. The third-order valence-electron chi connectivity index (χ3n) is 2.60. The van der Waals surface area contributed by atoms with Crippen LogP contribution in [0, 0.1) is 23.5 Å². The molecule has 0 bridgehead atoms. The first kappa shape index (κ1) is 14.6. The molecular weight excluding hydrogens is 238 g/mol. The van der Waals surface area contributed by atoms with E-state index in [2.05, 4.69) is 5.32 Å². The van der Waals surface area contributed by atoms with E-state index in [9.17, 15) is 13.6 Å². The third-order valence-corrected chi connectivity index (χ3v) is 2.60. The van der Waals surface area contributed by atoms with Crippen LogP contribution in [0.3, 0.4) is 0 Å². The van der Waals surface area contributed by atoms with Crippen molar-refractivity contribution in [3.05, 3.63) is 29.8 Å². The lowest BCUT2D eigenvalue weighted by molar-refractivity contribution is -0.120. The van der Waals surface area contributed by atoms with Gasteiger partial charge in [0.15, 0.2) is 0 Å². The molecule has 1 amide bonds. The van der Waals surface area contributed by atoms with Crippen molar-refractivity contribution >= 4 is 11.6 Å². The monoisotopic (exact) mass is 256 g/mol. The van der Waals surface area contributed by atoms with Crippen LogP contribution in [0.25, 0.3) is 0 Å². The Morgan fingerprint density at radius 1 is 1.39 bits per heavy atom. The maximum Gasteiger partial charge on any atom is 0.228 e. The predicted molar refractivity (Wildman–Crippen MR) is 67.0 cm³/mol. The fraction of sp³-hybridized carbons (Fsp3) is 0.462. The Kier molecular flexibility index (Phi) is 5.22. The maximum atomic E-state index is 13.3. The van der Waals surface area contributed by atoms with Crippen molar-refractivity contribution in [3.63, 3.8) is 0 Å². The number of nitrogens with one attached hydrogen (secondary N) is 1. The minimum absolute atomic E-state index is 0.151. The molecule has 0 fully saturated rings. The highest BCUT2D eigenvalue weighted by atomic mass is 19.1. The van der Waals surface area contributed by atoms with Crippen molar-refractivity contribution in [1.29, 1.82) is 0 Å². The Morgan fingerprint density at radius 3 is 2.61 bits per heavy atom. The number of carbonyl (C=O) groups is 1. The van der Waals surface area contributed by atoms with E-state index in [1.807, 2.05) is 13.8 Å². The molecule has 0 saturated carbocycles. The summed E-state index contributed by atoms with van der Waals surface area (Å²) in [4.78, 5) is 11.9. The van der Waals surface area contributed by atoms with Gasteiger partial charge in [0.1, 0.15) is 11.6 Å². The average Bonchev–Trinajstić information content (AvgIpc) is 2.30. The molecule has 5 heteroatoms. The first-order valence-corrected chi connectivity index (χ1v) is 5.90. The summed E-state index contributed by atoms with van der Waals surface area (Å²) in [6.45, 7) is 4.12. The first-order chi connectivity index (χ1) is 8.43. The smallest absolute Gasteiger partial charge is 0.228 e. The SMILES string of the molecule is CC(C)CC(CN)C(=O)Nc1cc(F)ccc1F. The van der Waals surface area contributed by atoms with Gasteiger partial charge < -0.3 is 11.1 Å². The van der Waals surface area contributed by atoms with Crippen LogP contribution in [0.15, 0.2) is 18.2 Å². The van der Waals surface area contributed by atoms with Crippen LogP contribution >= 0.6 is 0 Å². The van der Waals surface area contributed by atoms with Crippen molar-refractivity contribution < 1.29 is 13.6 Å². The molecule has 3 N–H and O–H groups in total. The van der Waals surface area contributed by atoms with Crippen LogP contribution < -0.4 is 11.1 Å². The number of amides is 1. The van der Waals surface area contributed by atoms with Gasteiger partial charge in [-0.2, -0.15) is 0 Å². The van der Waals surface area contributed by atoms with Crippen molar-refractivity contribution in [2.75, 3.05) is 11.9 Å². The van der Waals surface area contributed by atoms with Gasteiger partial charge in [-0.05, 0) is 24.5 Å². The normalized spacial score (nSPS) is 12.6. The zero-order valence-electron chi connectivity index (χ0n) is 10.5. The van der Waals surface area contributed by atoms with Crippen LogP contribution in [0.1, 0.15) is 20.3 Å². The number of hydrogen-bond donors (Lipinski definition) is 2. The number of carbonyl (C=O) groups excluding carboxylic acids is 1. The largest absolute Gasteiger partial charge is 0.330 e. The zero-order chi connectivity index (χ0) is 13.7. The second-order valence-corrected chi connectivity index (χ2v) is 4.68. The molecule has 0 heterocycles. The minimum Gasteiger partial charge on any atom is -0.330 e. The quantitative estimate of drug-likeness (QED) is 0.850. The number of nitrogens with two attached hydrogens (primary N) is 1. The van der Waals surface area contributed by atoms with E-state index in [0.717, 1.165) is 18.2 Å². The fourth-order valence-electron chi connectivity index (χ4n) is 1.71. The van der Waals surface area contributed by atoms with Crippen LogP contribution in [-0.2, 0) is 4.79 Å². The molecule has 0 radical (unpaired) electrons. The standard InChI is InChI=1S/C13H18F2N2O/c1-8(2)5-9(7-16)13(18)17-12-6-10(14)3-4-11(12)15/h3-4,6,8-9H,5,7,16H2,1-2H3,(H,17,18). The number of halogens is 2. The molecule has 18 heavy (non-hydrogen) atoms. The van der Waals surface area contributed by atoms with Crippen molar-refractivity contribution in [2.45, 2.75) is 20.3 Å². The molecule has 1 aromatic rings. The predicted octanol–water partition coefficient (Wildman–Crippen LogP) is 2.52. The average molecular weight is 256 g/mol. The number of hydrogen-bond acceptors (Lipinski definition) is 2. The van der Waals surface area contributed by atoms with Gasteiger partial charge in [-0.25, -0.2) is 8.78 Å². The Balaban J connectivity index is 2.76. The van der Waals surface area contributed by atoms with Gasteiger partial charge in [0.2, 0.25) is 5.91 Å². The molecule has 0 aliphatic rings. The van der Waals surface area contributed by atoms with Crippen molar-refractivity contribution in [2.24, 2.45) is 17.6 Å². The Labute approximate surface area is 105 Å². The highest BCUT2D eigenvalue weighted by Gasteiger charge is 2.19. The van der Waals surface area contributed by atoms with E-state index in [4.69, 9.17) is 5.73 Å². The molecule has 0 saturated heterocycles. The van der Waals surface area contributed by atoms with Gasteiger partial charge in [-0.3, -0.25) is 4.79 Å². The molecule has 1 aromatic carbocycles. The number of rotatable bonds is 5. The number of anilines is 1. The van der Waals surface area contributed by atoms with Crippen LogP contribution in [0.4, 0.5) is 14.5 Å². The topological polar surface area (TPSA) is 55.1 Å². The van der Waals surface area contributed by atoms with Crippen LogP contribution in [0.5, 0.6) is 0 Å². The summed E-state index contributed by atoms with van der Waals surface area (Å²) in [6.07, 6.45) is 0.610. The fourth-order valence-corrected chi connectivity index (χ4v) is 1.71. The second kappa shape index (κ2) is 6.44. The molecule has 3 nitrogen and oxygen atoms in total. The van der Waals surface area contributed by atoms with Gasteiger partial charge in [-0.15, -0.1) is 0 Å². The maximum absolute atomic E-state index is 13.3. The first-order valence-electron chi connectivity index (χ1n) is 5.90. The summed E-state index contributed by atoms with van der Waals surface area (Å²) >= 11 is 0. The van der Waals surface area contributed by atoms with Crippen molar-refractivity contribution in [1.82, 2.24) is 0 Å². The summed E-state index contributed by atoms with van der Waals surface area (Å²) < 4.78 is 26.3. The van der Waals surface area contributed by atoms with Gasteiger partial charge in [0, 0.05) is 12.6 Å². The zero-order valence-corrected chi connectivity index (χ0v) is 10.5. The van der Waals surface area contributed by atoms with E-state index < -0.39 is 17.6 Å². The summed E-state index contributed by atoms with van der Waals surface area (Å²) in [6, 6.07) is 2.93. The molecule has 0 aliphatic heterocycles. The Morgan fingerprint density at radius 2 is 2.06 bits per heavy atom. The molecule has 0 aromatic heterocycles. The molecule has 0 spiro atoms. The Hall–Kier alpha value is -1.49. The lowest BCUT2D eigenvalue weighted by Crippen LogP contribution is -2.30. The van der Waals surface area contributed by atoms with Gasteiger partial charge in [0.05, 0.1) is 11.6 Å². The molecule has 1 rings (SSSR count). The van der Waals surface area contributed by atoms with Crippen LogP contribution in [-0.4, -0.2) is 12.5 Å². The molecular formula is C13H18F2N2O. The van der Waals surface area contributed by atoms with Gasteiger partial charge >= 0.3 is 0 Å². The van der Waals surface area contributed by atoms with E-state index in [0.29, 0.717) is 12.3 Å². The van der Waals surface area contributed by atoms with E-state index >= 15 is 0 Å². The van der Waals surface area contributed by atoms with E-state index in [1.165, 1.54) is 0 Å². The van der Waals surface area contributed by atoms with Gasteiger partial charge in [0.25, 0.3) is 0 Å². The highest BCUT2D eigenvalue weighted by Crippen LogP contribution is 2.18. The lowest BCUT2D eigenvalue weighted by Gasteiger charge is -2.17. The van der Waals surface area contributed by atoms with Crippen molar-refractivity contribution in [3.8, 4) is 0 Å². The highest BCUT2D eigenvalue weighted by molar-refractivity contribution is 5.92. The Bertz CT molecular complexity index is 421. The minimum atomic E-state index is -0.662. The van der Waals surface area contributed by atoms with E-state index in [-0.39, 0.29) is 18.1 Å². The van der Waals surface area contributed by atoms with Gasteiger partial charge in [-0.1, -0.05) is 13.8 Å². The number of benzene rings is 1. The molecule has 100 valence electrons. The molecule has 0 aliphatic carbocycles. The molecule has 1 atom stereocenters. The van der Waals surface area contributed by atoms with E-state index in [1.54, 1.807) is 0 Å². The third kappa shape index (κ3) is 4.07. The summed E-state index contributed by atoms with van der Waals surface area (Å²) in [5.74, 6) is -1.73. The summed E-state index contributed by atoms with van der Waals surface area (Å²) in [7, 11) is 0. The van der Waals surface area contributed by atoms with Crippen LogP contribution in [0.2, 0.25) is 0 Å².